The largest absolute Gasteiger partial charge is 0.496 e. The molecule has 33 heavy (non-hydrogen) atoms. The number of thiophene rings is 1. The van der Waals surface area contributed by atoms with Gasteiger partial charge in [0, 0.05) is 16.9 Å². The van der Waals surface area contributed by atoms with Crippen molar-refractivity contribution >= 4 is 23.1 Å². The average molecular weight is 469 g/mol. The lowest BCUT2D eigenvalue weighted by Gasteiger charge is -2.24. The highest BCUT2D eigenvalue weighted by Crippen LogP contribution is 2.40. The van der Waals surface area contributed by atoms with Crippen LogP contribution in [0.25, 0.3) is 10.4 Å². The summed E-state index contributed by atoms with van der Waals surface area (Å²) < 4.78 is 22.0. The Morgan fingerprint density at radius 3 is 2.27 bits per heavy atom. The fourth-order valence-corrected chi connectivity index (χ4v) is 4.18. The van der Waals surface area contributed by atoms with Crippen molar-refractivity contribution < 1.29 is 28.5 Å². The Morgan fingerprint density at radius 1 is 0.970 bits per heavy atom. The van der Waals surface area contributed by atoms with E-state index in [4.69, 9.17) is 18.9 Å². The van der Waals surface area contributed by atoms with Crippen LogP contribution >= 0.6 is 11.3 Å². The van der Waals surface area contributed by atoms with E-state index in [0.717, 1.165) is 16.0 Å². The number of rotatable bonds is 10. The molecule has 1 heterocycles. The zero-order valence-corrected chi connectivity index (χ0v) is 20.3. The van der Waals surface area contributed by atoms with Crippen molar-refractivity contribution in [2.45, 2.75) is 32.8 Å². The van der Waals surface area contributed by atoms with Crippen molar-refractivity contribution in [2.75, 3.05) is 20.8 Å². The monoisotopic (exact) mass is 468 g/mol. The first-order chi connectivity index (χ1) is 15.8. The van der Waals surface area contributed by atoms with Crippen LogP contribution in [0.5, 0.6) is 17.2 Å². The molecule has 1 aromatic heterocycles. The Bertz CT molecular complexity index is 1100. The van der Waals surface area contributed by atoms with Gasteiger partial charge in [-0.25, -0.2) is 4.79 Å². The molecule has 0 saturated heterocycles. The molecule has 0 aliphatic heterocycles. The molecule has 174 valence electrons. The summed E-state index contributed by atoms with van der Waals surface area (Å²) in [4.78, 5) is 26.4. The molecule has 6 nitrogen and oxygen atoms in total. The SMILES string of the molecule is CCOC(=O)C(C)(C)Oc1ccc(CC(=O)c2c(OC)ccc(-c3cccs3)c2OC)cc1. The molecule has 0 unspecified atom stereocenters. The maximum atomic E-state index is 13.3. The molecule has 3 rings (SSSR count). The fourth-order valence-electron chi connectivity index (χ4n) is 3.43. The van der Waals surface area contributed by atoms with Gasteiger partial charge in [-0.3, -0.25) is 4.79 Å². The van der Waals surface area contributed by atoms with Gasteiger partial charge >= 0.3 is 5.97 Å². The minimum absolute atomic E-state index is 0.123. The van der Waals surface area contributed by atoms with E-state index >= 15 is 0 Å². The first kappa shape index (κ1) is 24.3. The van der Waals surface area contributed by atoms with Crippen LogP contribution < -0.4 is 14.2 Å². The first-order valence-electron chi connectivity index (χ1n) is 10.6. The Balaban J connectivity index is 1.83. The van der Waals surface area contributed by atoms with Crippen molar-refractivity contribution in [3.05, 3.63) is 65.0 Å². The molecule has 0 bridgehead atoms. The lowest BCUT2D eigenvalue weighted by molar-refractivity contribution is -0.158. The van der Waals surface area contributed by atoms with Gasteiger partial charge in [0.15, 0.2) is 11.4 Å². The highest BCUT2D eigenvalue weighted by atomic mass is 32.1. The zero-order valence-electron chi connectivity index (χ0n) is 19.5. The second-order valence-electron chi connectivity index (χ2n) is 7.78. The minimum atomic E-state index is -1.11. The number of ether oxygens (including phenoxy) is 4. The van der Waals surface area contributed by atoms with Gasteiger partial charge in [-0.2, -0.15) is 0 Å². The van der Waals surface area contributed by atoms with Crippen LogP contribution in [0.15, 0.2) is 53.9 Å². The standard InChI is InChI=1S/C26H28O6S/c1-6-31-25(28)26(2,3)32-18-11-9-17(10-12-18)16-20(27)23-21(29-4)14-13-19(24(23)30-5)22-8-7-15-33-22/h7-15H,6,16H2,1-5H3. The minimum Gasteiger partial charge on any atom is -0.496 e. The summed E-state index contributed by atoms with van der Waals surface area (Å²) in [5.41, 5.74) is 0.944. The molecule has 0 saturated carbocycles. The highest BCUT2D eigenvalue weighted by molar-refractivity contribution is 7.13. The van der Waals surface area contributed by atoms with E-state index < -0.39 is 11.6 Å². The smallest absolute Gasteiger partial charge is 0.349 e. The number of hydrogen-bond acceptors (Lipinski definition) is 7. The quantitative estimate of drug-likeness (QED) is 0.286. The third kappa shape index (κ3) is 5.54. The molecular formula is C26H28O6S. The molecule has 0 amide bonds. The fraction of sp³-hybridized carbons (Fsp3) is 0.308. The van der Waals surface area contributed by atoms with Gasteiger partial charge in [0.25, 0.3) is 0 Å². The molecule has 3 aromatic rings. The molecule has 0 fully saturated rings. The predicted octanol–water partition coefficient (Wildman–Crippen LogP) is 5.58. The molecule has 0 atom stereocenters. The third-order valence-electron chi connectivity index (χ3n) is 5.04. The number of methoxy groups -OCH3 is 2. The summed E-state index contributed by atoms with van der Waals surface area (Å²) in [6, 6.07) is 14.7. The summed E-state index contributed by atoms with van der Waals surface area (Å²) >= 11 is 1.58. The van der Waals surface area contributed by atoms with E-state index in [1.807, 2.05) is 23.6 Å². The van der Waals surface area contributed by atoms with Gasteiger partial charge in [-0.1, -0.05) is 18.2 Å². The van der Waals surface area contributed by atoms with Crippen LogP contribution in [-0.2, 0) is 16.0 Å². The van der Waals surface area contributed by atoms with Crippen LogP contribution in [-0.4, -0.2) is 38.2 Å². The molecule has 7 heteroatoms. The second-order valence-corrected chi connectivity index (χ2v) is 8.73. The van der Waals surface area contributed by atoms with E-state index in [0.29, 0.717) is 22.8 Å². The van der Waals surface area contributed by atoms with Crippen LogP contribution in [0.4, 0.5) is 0 Å². The molecule has 0 aliphatic carbocycles. The number of Topliss-reactive ketones (excluding diaryl/α,β-unsaturated/α-hetero) is 1. The predicted molar refractivity (Wildman–Crippen MR) is 129 cm³/mol. The Hall–Kier alpha value is -3.32. The van der Waals surface area contributed by atoms with Gasteiger partial charge in [0.2, 0.25) is 0 Å². The lowest BCUT2D eigenvalue weighted by atomic mass is 9.98. The van der Waals surface area contributed by atoms with E-state index in [-0.39, 0.29) is 18.8 Å². The van der Waals surface area contributed by atoms with Crippen LogP contribution in [0.2, 0.25) is 0 Å². The van der Waals surface area contributed by atoms with E-state index in [1.54, 1.807) is 69.5 Å². The van der Waals surface area contributed by atoms with Crippen molar-refractivity contribution in [1.29, 1.82) is 0 Å². The topological polar surface area (TPSA) is 71.1 Å². The molecule has 2 aromatic carbocycles. The van der Waals surface area contributed by atoms with E-state index in [2.05, 4.69) is 0 Å². The normalized spacial score (nSPS) is 11.1. The summed E-state index contributed by atoms with van der Waals surface area (Å²) in [5.74, 6) is 0.919. The van der Waals surface area contributed by atoms with Gasteiger partial charge in [0.1, 0.15) is 22.8 Å². The highest BCUT2D eigenvalue weighted by Gasteiger charge is 2.31. The van der Waals surface area contributed by atoms with Crippen molar-refractivity contribution in [1.82, 2.24) is 0 Å². The van der Waals surface area contributed by atoms with Crippen LogP contribution in [0, 0.1) is 0 Å². The summed E-state index contributed by atoms with van der Waals surface area (Å²) in [6.45, 7) is 5.34. The molecule has 0 spiro atoms. The molecule has 0 radical (unpaired) electrons. The van der Waals surface area contributed by atoms with Crippen molar-refractivity contribution in [3.63, 3.8) is 0 Å². The Kier molecular flexibility index (Phi) is 7.76. The Morgan fingerprint density at radius 2 is 1.70 bits per heavy atom. The van der Waals surface area contributed by atoms with Crippen molar-refractivity contribution in [2.24, 2.45) is 0 Å². The van der Waals surface area contributed by atoms with Gasteiger partial charge in [0.05, 0.1) is 20.8 Å². The molecule has 0 aliphatic rings. The average Bonchev–Trinajstić information content (AvgIpc) is 3.34. The summed E-state index contributed by atoms with van der Waals surface area (Å²) in [5, 5.41) is 1.98. The first-order valence-corrected chi connectivity index (χ1v) is 11.5. The number of ketones is 1. The van der Waals surface area contributed by atoms with Crippen LogP contribution in [0.1, 0.15) is 36.7 Å². The van der Waals surface area contributed by atoms with E-state index in [1.165, 1.54) is 7.11 Å². The van der Waals surface area contributed by atoms with Crippen LogP contribution in [0.3, 0.4) is 0 Å². The Labute approximate surface area is 198 Å². The number of esters is 1. The number of benzene rings is 2. The van der Waals surface area contributed by atoms with Gasteiger partial charge in [-0.15, -0.1) is 11.3 Å². The molecular weight excluding hydrogens is 440 g/mol. The summed E-state index contributed by atoms with van der Waals surface area (Å²) in [7, 11) is 3.09. The van der Waals surface area contributed by atoms with Gasteiger partial charge in [-0.05, 0) is 62.0 Å². The van der Waals surface area contributed by atoms with Crippen molar-refractivity contribution in [3.8, 4) is 27.7 Å². The van der Waals surface area contributed by atoms with E-state index in [9.17, 15) is 9.59 Å². The third-order valence-corrected chi connectivity index (χ3v) is 5.94. The summed E-state index contributed by atoms with van der Waals surface area (Å²) in [6.07, 6.45) is 0.155. The lowest BCUT2D eigenvalue weighted by Crippen LogP contribution is -2.39. The maximum absolute atomic E-state index is 13.3. The number of carbonyl (C=O) groups excluding carboxylic acids is 2. The van der Waals surface area contributed by atoms with Gasteiger partial charge < -0.3 is 18.9 Å². The number of hydrogen-bond donors (Lipinski definition) is 0. The second kappa shape index (κ2) is 10.5. The zero-order chi connectivity index (χ0) is 24.0. The molecule has 0 N–H and O–H groups in total. The maximum Gasteiger partial charge on any atom is 0.349 e. The number of carbonyl (C=O) groups is 2.